The first-order valence-corrected chi connectivity index (χ1v) is 8.13. The van der Waals surface area contributed by atoms with Crippen molar-refractivity contribution < 1.29 is 37.0 Å². The Hall–Kier alpha value is 0.594. The van der Waals surface area contributed by atoms with Gasteiger partial charge in [-0.2, -0.15) is 20.3 Å². The van der Waals surface area contributed by atoms with Crippen molar-refractivity contribution in [2.75, 3.05) is 19.8 Å². The Balaban J connectivity index is -0.0000000533. The van der Waals surface area contributed by atoms with Crippen LogP contribution < -0.4 is 0 Å². The van der Waals surface area contributed by atoms with Gasteiger partial charge in [-0.15, -0.1) is 0 Å². The largest absolute Gasteiger partial charge is 0.396 e. The summed E-state index contributed by atoms with van der Waals surface area (Å²) < 4.78 is 0. The van der Waals surface area contributed by atoms with Crippen molar-refractivity contribution in [2.45, 2.75) is 86.5 Å². The van der Waals surface area contributed by atoms with Gasteiger partial charge in [0, 0.05) is 41.5 Å². The third kappa shape index (κ3) is 96.4. The first-order chi connectivity index (χ1) is 9.51. The Kier molecular flexibility index (Phi) is 67.8. The molecule has 4 heteroatoms. The summed E-state index contributed by atoms with van der Waals surface area (Å²) in [4.78, 5) is 0. The Morgan fingerprint density at radius 1 is 0.619 bits per heavy atom. The molecule has 0 unspecified atom stereocenters. The summed E-state index contributed by atoms with van der Waals surface area (Å²) in [5.41, 5.74) is 0. The van der Waals surface area contributed by atoms with E-state index in [9.17, 15) is 0 Å². The average Bonchev–Trinajstić information content (AvgIpc) is 2.43. The normalized spacial score (nSPS) is 8.29. The van der Waals surface area contributed by atoms with Crippen LogP contribution in [-0.2, 0) is 21.7 Å². The standard InChI is InChI=1S/C5H11.3C4H10O.Ti/c1-4-5(2)3;3*1-2-3-4-5;/h4H2,1-3H3;3*5H,2-4H2,1H3;/q-1;;;;. The molecular formula is C17H41O3Ti-. The maximum Gasteiger partial charge on any atom is 0.0430 e. The van der Waals surface area contributed by atoms with E-state index < -0.39 is 0 Å². The molecule has 0 atom stereocenters. The van der Waals surface area contributed by atoms with Crippen molar-refractivity contribution in [1.82, 2.24) is 0 Å². The maximum atomic E-state index is 8.07. The summed E-state index contributed by atoms with van der Waals surface area (Å²) in [6.07, 6.45) is 7.34. The summed E-state index contributed by atoms with van der Waals surface area (Å²) in [7, 11) is 0. The van der Waals surface area contributed by atoms with E-state index in [0.29, 0.717) is 19.8 Å². The SMILES string of the molecule is CCCCO.CCCCO.CCCCO.CC[C-](C)C.[Ti]. The van der Waals surface area contributed by atoms with Crippen LogP contribution in [0.4, 0.5) is 0 Å². The molecule has 3 N–H and O–H groups in total. The molecule has 0 rings (SSSR count). The summed E-state index contributed by atoms with van der Waals surface area (Å²) in [6, 6.07) is 0. The van der Waals surface area contributed by atoms with Crippen molar-refractivity contribution in [2.24, 2.45) is 0 Å². The molecule has 0 aromatic heterocycles. The molecule has 21 heavy (non-hydrogen) atoms. The molecule has 0 aromatic rings. The van der Waals surface area contributed by atoms with Crippen LogP contribution in [0.1, 0.15) is 86.5 Å². The van der Waals surface area contributed by atoms with E-state index in [2.05, 4.69) is 41.5 Å². The third-order valence-corrected chi connectivity index (χ3v) is 2.24. The molecule has 0 amide bonds. The number of rotatable bonds is 7. The monoisotopic (exact) mass is 341 g/mol. The van der Waals surface area contributed by atoms with Crippen LogP contribution in [0.25, 0.3) is 0 Å². The molecule has 132 valence electrons. The molecule has 0 aliphatic rings. The predicted molar refractivity (Wildman–Crippen MR) is 90.9 cm³/mol. The number of aliphatic hydroxyl groups is 3. The quantitative estimate of drug-likeness (QED) is 0.477. The van der Waals surface area contributed by atoms with Gasteiger partial charge in [0.2, 0.25) is 0 Å². The topological polar surface area (TPSA) is 60.7 Å². The number of hydrogen-bond acceptors (Lipinski definition) is 3. The Bertz CT molecular complexity index is 91.9. The predicted octanol–water partition coefficient (Wildman–Crippen LogP) is 4.34. The Morgan fingerprint density at radius 3 is 0.810 bits per heavy atom. The molecule has 0 saturated heterocycles. The molecule has 0 fully saturated rings. The second-order valence-corrected chi connectivity index (χ2v) is 4.79. The molecular weight excluding hydrogens is 300 g/mol. The molecule has 0 heterocycles. The minimum atomic E-state index is 0. The third-order valence-electron chi connectivity index (χ3n) is 2.24. The smallest absolute Gasteiger partial charge is 0.0430 e. The molecule has 0 radical (unpaired) electrons. The molecule has 0 aromatic carbocycles. The minimum Gasteiger partial charge on any atom is -0.396 e. The zero-order chi connectivity index (χ0) is 16.6. The Labute approximate surface area is 149 Å². The van der Waals surface area contributed by atoms with E-state index in [0.717, 1.165) is 38.5 Å². The van der Waals surface area contributed by atoms with Crippen LogP contribution in [-0.4, -0.2) is 35.1 Å². The van der Waals surface area contributed by atoms with Gasteiger partial charge in [-0.3, -0.25) is 0 Å². The van der Waals surface area contributed by atoms with E-state index in [1.54, 1.807) is 0 Å². The fourth-order valence-corrected chi connectivity index (χ4v) is 0.474. The van der Waals surface area contributed by atoms with Crippen LogP contribution in [0.2, 0.25) is 0 Å². The Morgan fingerprint density at radius 2 is 0.810 bits per heavy atom. The van der Waals surface area contributed by atoms with Crippen molar-refractivity contribution in [3.8, 4) is 0 Å². The second-order valence-electron chi connectivity index (χ2n) is 4.79. The van der Waals surface area contributed by atoms with Crippen LogP contribution in [0, 0.1) is 5.92 Å². The molecule has 0 bridgehead atoms. The van der Waals surface area contributed by atoms with Crippen LogP contribution in [0.3, 0.4) is 0 Å². The molecule has 0 aliphatic heterocycles. The zero-order valence-electron chi connectivity index (χ0n) is 15.4. The van der Waals surface area contributed by atoms with Gasteiger partial charge in [-0.25, -0.2) is 0 Å². The first-order valence-electron chi connectivity index (χ1n) is 8.13. The van der Waals surface area contributed by atoms with Gasteiger partial charge in [0.05, 0.1) is 0 Å². The van der Waals surface area contributed by atoms with Crippen LogP contribution in [0.5, 0.6) is 0 Å². The number of hydrogen-bond donors (Lipinski definition) is 3. The molecule has 0 aliphatic carbocycles. The van der Waals surface area contributed by atoms with Crippen molar-refractivity contribution >= 4 is 0 Å². The maximum absolute atomic E-state index is 8.07. The summed E-state index contributed by atoms with van der Waals surface area (Å²) in [5.74, 6) is 1.50. The van der Waals surface area contributed by atoms with E-state index in [1.807, 2.05) is 0 Å². The van der Waals surface area contributed by atoms with Gasteiger partial charge in [0.1, 0.15) is 0 Å². The minimum absolute atomic E-state index is 0. The van der Waals surface area contributed by atoms with Gasteiger partial charge in [0.15, 0.2) is 0 Å². The fraction of sp³-hybridized carbons (Fsp3) is 0.941. The first kappa shape index (κ1) is 33.3. The molecule has 0 saturated carbocycles. The van der Waals surface area contributed by atoms with Crippen LogP contribution >= 0.6 is 0 Å². The van der Waals surface area contributed by atoms with E-state index >= 15 is 0 Å². The second kappa shape index (κ2) is 42.8. The zero-order valence-corrected chi connectivity index (χ0v) is 17.0. The number of unbranched alkanes of at least 4 members (excludes halogenated alkanes) is 3. The molecule has 3 nitrogen and oxygen atoms in total. The van der Waals surface area contributed by atoms with Gasteiger partial charge >= 0.3 is 0 Å². The fourth-order valence-electron chi connectivity index (χ4n) is 0.474. The van der Waals surface area contributed by atoms with E-state index in [4.69, 9.17) is 15.3 Å². The van der Waals surface area contributed by atoms with Crippen molar-refractivity contribution in [3.63, 3.8) is 0 Å². The van der Waals surface area contributed by atoms with Gasteiger partial charge < -0.3 is 21.2 Å². The number of aliphatic hydroxyl groups excluding tert-OH is 3. The van der Waals surface area contributed by atoms with E-state index in [1.165, 1.54) is 12.3 Å². The molecule has 0 spiro atoms. The van der Waals surface area contributed by atoms with Crippen molar-refractivity contribution in [1.29, 1.82) is 0 Å². The summed E-state index contributed by atoms with van der Waals surface area (Å²) in [6.45, 7) is 13.6. The van der Waals surface area contributed by atoms with Gasteiger partial charge in [0.25, 0.3) is 0 Å². The van der Waals surface area contributed by atoms with Crippen LogP contribution in [0.15, 0.2) is 0 Å². The summed E-state index contributed by atoms with van der Waals surface area (Å²) >= 11 is 0. The summed E-state index contributed by atoms with van der Waals surface area (Å²) in [5, 5.41) is 24.2. The average molecular weight is 341 g/mol. The van der Waals surface area contributed by atoms with Gasteiger partial charge in [-0.05, 0) is 19.3 Å². The van der Waals surface area contributed by atoms with Crippen molar-refractivity contribution in [3.05, 3.63) is 5.92 Å². The van der Waals surface area contributed by atoms with Gasteiger partial charge in [-0.1, -0.05) is 47.0 Å². The van der Waals surface area contributed by atoms with E-state index in [-0.39, 0.29) is 21.7 Å².